The minimum absolute atomic E-state index is 0.0603. The molecule has 0 amide bonds. The van der Waals surface area contributed by atoms with E-state index in [1.165, 1.54) is 12.8 Å². The van der Waals surface area contributed by atoms with Crippen molar-refractivity contribution in [2.24, 2.45) is 5.92 Å². The summed E-state index contributed by atoms with van der Waals surface area (Å²) in [7, 11) is 0. The summed E-state index contributed by atoms with van der Waals surface area (Å²) in [6, 6.07) is 14.5. The molecule has 0 saturated carbocycles. The third kappa shape index (κ3) is 8.46. The molecule has 0 aliphatic rings. The maximum Gasteiger partial charge on any atom is 0.421 e. The summed E-state index contributed by atoms with van der Waals surface area (Å²) in [6.45, 7) is 7.05. The number of hydrogen-bond acceptors (Lipinski definition) is 5. The lowest BCUT2D eigenvalue weighted by Gasteiger charge is -2.15. The first-order valence-electron chi connectivity index (χ1n) is 12.0. The molecular weight excluding hydrogens is 453 g/mol. The standard InChI is InChI=1S/C27H33F3N4O/c1-4-5-6-7-16-35-23-14-12-22(13-15-23)33-26-31-18-24(27(28,29)30)25(34-26)32-21-10-8-20(9-11-21)17-19(2)3/h8-15,18-19H,4-7,16-17H2,1-3H3,(H2,31,32,33,34). The Hall–Kier alpha value is -3.29. The van der Waals surface area contributed by atoms with Crippen LogP contribution in [0.25, 0.3) is 0 Å². The van der Waals surface area contributed by atoms with Gasteiger partial charge in [-0.1, -0.05) is 52.2 Å². The molecule has 1 heterocycles. The highest BCUT2D eigenvalue weighted by molar-refractivity contribution is 5.63. The third-order valence-corrected chi connectivity index (χ3v) is 5.33. The monoisotopic (exact) mass is 486 g/mol. The number of nitrogens with zero attached hydrogens (tertiary/aromatic N) is 2. The van der Waals surface area contributed by atoms with E-state index in [0.717, 1.165) is 36.8 Å². The first kappa shape index (κ1) is 26.3. The zero-order valence-electron chi connectivity index (χ0n) is 20.5. The van der Waals surface area contributed by atoms with E-state index in [4.69, 9.17) is 4.74 Å². The van der Waals surface area contributed by atoms with Gasteiger partial charge >= 0.3 is 6.18 Å². The lowest BCUT2D eigenvalue weighted by Crippen LogP contribution is -2.12. The summed E-state index contributed by atoms with van der Waals surface area (Å²) in [5.41, 5.74) is 1.36. The van der Waals surface area contributed by atoms with Crippen molar-refractivity contribution < 1.29 is 17.9 Å². The molecule has 0 unspecified atom stereocenters. The SMILES string of the molecule is CCCCCCOc1ccc(Nc2ncc(C(F)(F)F)c(Nc3ccc(CC(C)C)cc3)n2)cc1. The number of benzene rings is 2. The zero-order valence-corrected chi connectivity index (χ0v) is 20.5. The lowest BCUT2D eigenvalue weighted by molar-refractivity contribution is -0.137. The Balaban J connectivity index is 1.70. The van der Waals surface area contributed by atoms with Gasteiger partial charge in [0.15, 0.2) is 0 Å². The predicted molar refractivity (Wildman–Crippen MR) is 135 cm³/mol. The number of nitrogens with one attached hydrogen (secondary N) is 2. The Morgan fingerprint density at radius 1 is 0.886 bits per heavy atom. The molecule has 2 aromatic carbocycles. The summed E-state index contributed by atoms with van der Waals surface area (Å²) in [6.07, 6.45) is 1.61. The Morgan fingerprint density at radius 2 is 1.54 bits per heavy atom. The summed E-state index contributed by atoms with van der Waals surface area (Å²) >= 11 is 0. The topological polar surface area (TPSA) is 59.1 Å². The maximum absolute atomic E-state index is 13.6. The van der Waals surface area contributed by atoms with E-state index in [1.54, 1.807) is 24.3 Å². The Kier molecular flexibility index (Phi) is 9.34. The molecule has 0 radical (unpaired) electrons. The van der Waals surface area contributed by atoms with Gasteiger partial charge in [0.25, 0.3) is 0 Å². The molecule has 0 bridgehead atoms. The van der Waals surface area contributed by atoms with Gasteiger partial charge in [-0.3, -0.25) is 0 Å². The van der Waals surface area contributed by atoms with Crippen molar-refractivity contribution in [1.29, 1.82) is 0 Å². The molecule has 0 spiro atoms. The second-order valence-electron chi connectivity index (χ2n) is 8.93. The van der Waals surface area contributed by atoms with Crippen LogP contribution in [0.3, 0.4) is 0 Å². The smallest absolute Gasteiger partial charge is 0.421 e. The van der Waals surface area contributed by atoms with Crippen molar-refractivity contribution in [2.75, 3.05) is 17.2 Å². The molecule has 3 aromatic rings. The van der Waals surface area contributed by atoms with E-state index >= 15 is 0 Å². The molecule has 188 valence electrons. The molecule has 0 saturated heterocycles. The Bertz CT molecular complexity index is 1050. The van der Waals surface area contributed by atoms with Gasteiger partial charge in [0.1, 0.15) is 17.1 Å². The van der Waals surface area contributed by atoms with Crippen LogP contribution < -0.4 is 15.4 Å². The van der Waals surface area contributed by atoms with E-state index in [1.807, 2.05) is 24.3 Å². The van der Waals surface area contributed by atoms with Gasteiger partial charge < -0.3 is 15.4 Å². The highest BCUT2D eigenvalue weighted by Crippen LogP contribution is 2.35. The van der Waals surface area contributed by atoms with Gasteiger partial charge in [-0.05, 0) is 60.7 Å². The first-order valence-corrected chi connectivity index (χ1v) is 12.0. The van der Waals surface area contributed by atoms with Crippen molar-refractivity contribution in [1.82, 2.24) is 9.97 Å². The van der Waals surface area contributed by atoms with Crippen LogP contribution in [0.2, 0.25) is 0 Å². The highest BCUT2D eigenvalue weighted by atomic mass is 19.4. The maximum atomic E-state index is 13.6. The summed E-state index contributed by atoms with van der Waals surface area (Å²) < 4.78 is 46.5. The fourth-order valence-electron chi connectivity index (χ4n) is 3.56. The van der Waals surface area contributed by atoms with Gasteiger partial charge in [-0.15, -0.1) is 0 Å². The quantitative estimate of drug-likeness (QED) is 0.253. The third-order valence-electron chi connectivity index (χ3n) is 5.33. The van der Waals surface area contributed by atoms with E-state index < -0.39 is 11.7 Å². The zero-order chi connectivity index (χ0) is 25.3. The molecule has 0 aliphatic heterocycles. The molecule has 2 N–H and O–H groups in total. The van der Waals surface area contributed by atoms with E-state index in [-0.39, 0.29) is 11.8 Å². The summed E-state index contributed by atoms with van der Waals surface area (Å²) in [4.78, 5) is 7.99. The average molecular weight is 487 g/mol. The second kappa shape index (κ2) is 12.4. The Labute approximate surface area is 205 Å². The van der Waals surface area contributed by atoms with Crippen molar-refractivity contribution in [2.45, 2.75) is 59.1 Å². The van der Waals surface area contributed by atoms with Crippen LogP contribution in [0, 0.1) is 5.92 Å². The first-order chi connectivity index (χ1) is 16.7. The molecule has 0 aliphatic carbocycles. The molecule has 8 heteroatoms. The number of anilines is 4. The normalized spacial score (nSPS) is 11.5. The van der Waals surface area contributed by atoms with Crippen molar-refractivity contribution >= 4 is 23.1 Å². The minimum Gasteiger partial charge on any atom is -0.494 e. The average Bonchev–Trinajstić information content (AvgIpc) is 2.80. The molecule has 5 nitrogen and oxygen atoms in total. The molecule has 1 aromatic heterocycles. The van der Waals surface area contributed by atoms with Crippen LogP contribution in [0.1, 0.15) is 57.6 Å². The van der Waals surface area contributed by atoms with E-state index in [2.05, 4.69) is 41.4 Å². The van der Waals surface area contributed by atoms with Crippen LogP contribution >= 0.6 is 0 Å². The van der Waals surface area contributed by atoms with Gasteiger partial charge in [0, 0.05) is 17.6 Å². The fraction of sp³-hybridized carbons (Fsp3) is 0.407. The fourth-order valence-corrected chi connectivity index (χ4v) is 3.56. The Morgan fingerprint density at radius 3 is 2.17 bits per heavy atom. The van der Waals surface area contributed by atoms with Crippen molar-refractivity contribution in [3.05, 3.63) is 65.9 Å². The van der Waals surface area contributed by atoms with Gasteiger partial charge in [0.05, 0.1) is 6.61 Å². The number of hydrogen-bond donors (Lipinski definition) is 2. The van der Waals surface area contributed by atoms with Crippen LogP contribution in [0.4, 0.5) is 36.3 Å². The van der Waals surface area contributed by atoms with Crippen LogP contribution in [0.5, 0.6) is 5.75 Å². The second-order valence-corrected chi connectivity index (χ2v) is 8.93. The summed E-state index contributed by atoms with van der Waals surface area (Å²) in [5, 5.41) is 5.77. The molecular formula is C27H33F3N4O. The van der Waals surface area contributed by atoms with Crippen LogP contribution in [-0.2, 0) is 12.6 Å². The largest absolute Gasteiger partial charge is 0.494 e. The molecule has 0 atom stereocenters. The number of unbranched alkanes of at least 4 members (excludes halogenated alkanes) is 3. The highest BCUT2D eigenvalue weighted by Gasteiger charge is 2.35. The number of alkyl halides is 3. The van der Waals surface area contributed by atoms with Gasteiger partial charge in [-0.25, -0.2) is 4.98 Å². The molecule has 0 fully saturated rings. The van der Waals surface area contributed by atoms with Gasteiger partial charge in [-0.2, -0.15) is 18.2 Å². The molecule has 3 rings (SSSR count). The van der Waals surface area contributed by atoms with Crippen LogP contribution in [-0.4, -0.2) is 16.6 Å². The lowest BCUT2D eigenvalue weighted by atomic mass is 10.0. The number of halogens is 3. The predicted octanol–water partition coefficient (Wildman–Crippen LogP) is 8.14. The van der Waals surface area contributed by atoms with Crippen molar-refractivity contribution in [3.63, 3.8) is 0 Å². The minimum atomic E-state index is -4.59. The number of rotatable bonds is 12. The number of ether oxygens (including phenoxy) is 1. The van der Waals surface area contributed by atoms with E-state index in [0.29, 0.717) is 23.9 Å². The van der Waals surface area contributed by atoms with Gasteiger partial charge in [0.2, 0.25) is 5.95 Å². The van der Waals surface area contributed by atoms with Crippen molar-refractivity contribution in [3.8, 4) is 5.75 Å². The summed E-state index contributed by atoms with van der Waals surface area (Å²) in [5.74, 6) is 0.986. The van der Waals surface area contributed by atoms with E-state index in [9.17, 15) is 13.2 Å². The number of aromatic nitrogens is 2. The molecule has 35 heavy (non-hydrogen) atoms. The van der Waals surface area contributed by atoms with Crippen LogP contribution in [0.15, 0.2) is 54.7 Å².